The molecule has 5 nitrogen and oxygen atoms in total. The van der Waals surface area contributed by atoms with Crippen LogP contribution in [-0.2, 0) is 0 Å². The Morgan fingerprint density at radius 3 is 2.78 bits per heavy atom. The first-order chi connectivity index (χ1) is 13.1. The lowest BCUT2D eigenvalue weighted by molar-refractivity contribution is 0.620. The summed E-state index contributed by atoms with van der Waals surface area (Å²) in [6.07, 6.45) is 6.03. The first kappa shape index (κ1) is 18.5. The van der Waals surface area contributed by atoms with Gasteiger partial charge in [0, 0.05) is 48.5 Å². The van der Waals surface area contributed by atoms with Gasteiger partial charge in [0.1, 0.15) is 5.82 Å². The van der Waals surface area contributed by atoms with Crippen molar-refractivity contribution >= 4 is 11.6 Å². The van der Waals surface area contributed by atoms with Crippen LogP contribution in [0, 0.1) is 12.7 Å². The second-order valence-electron chi connectivity index (χ2n) is 6.12. The molecule has 27 heavy (non-hydrogen) atoms. The van der Waals surface area contributed by atoms with E-state index in [4.69, 9.17) is 0 Å². The topological polar surface area (TPSA) is 62.7 Å². The number of anilines is 1. The molecular weight excluding hydrogens is 341 g/mol. The number of benzene rings is 1. The van der Waals surface area contributed by atoms with E-state index >= 15 is 0 Å². The van der Waals surface area contributed by atoms with Crippen LogP contribution in [0.3, 0.4) is 0 Å². The van der Waals surface area contributed by atoms with Crippen molar-refractivity contribution in [3.05, 3.63) is 78.5 Å². The predicted molar refractivity (Wildman–Crippen MR) is 107 cm³/mol. The smallest absolute Gasteiger partial charge is 0.223 e. The second-order valence-corrected chi connectivity index (χ2v) is 6.12. The molecule has 0 spiro atoms. The molecule has 3 rings (SSSR count). The number of hydrogen-bond acceptors (Lipinski definition) is 5. The van der Waals surface area contributed by atoms with Gasteiger partial charge in [-0.05, 0) is 43.2 Å². The number of nitrogens with zero attached hydrogens (tertiary/aromatic N) is 3. The Morgan fingerprint density at radius 2 is 2.00 bits per heavy atom. The summed E-state index contributed by atoms with van der Waals surface area (Å²) >= 11 is 0. The highest BCUT2D eigenvalue weighted by Crippen LogP contribution is 2.19. The van der Waals surface area contributed by atoms with Crippen molar-refractivity contribution in [3.8, 4) is 11.3 Å². The van der Waals surface area contributed by atoms with Gasteiger partial charge in [-0.2, -0.15) is 0 Å². The zero-order valence-corrected chi connectivity index (χ0v) is 15.2. The standard InChI is InChI=1S/C21H22FN5/c1-15-6-3-8-18(22)20(15)16(2)24-11-5-12-25-21-26-13-9-19(27-21)17-7-4-10-23-14-17/h3-4,6-10,13-14,24H,2,5,11-12H2,1H3,(H,25,26,27). The van der Waals surface area contributed by atoms with Crippen LogP contribution in [0.4, 0.5) is 10.3 Å². The quantitative estimate of drug-likeness (QED) is 0.591. The molecule has 138 valence electrons. The average molecular weight is 363 g/mol. The first-order valence-corrected chi connectivity index (χ1v) is 8.81. The van der Waals surface area contributed by atoms with Crippen molar-refractivity contribution in [3.63, 3.8) is 0 Å². The van der Waals surface area contributed by atoms with Crippen LogP contribution in [0.5, 0.6) is 0 Å². The maximum Gasteiger partial charge on any atom is 0.223 e. The summed E-state index contributed by atoms with van der Waals surface area (Å²) < 4.78 is 13.9. The van der Waals surface area contributed by atoms with Gasteiger partial charge in [-0.25, -0.2) is 14.4 Å². The van der Waals surface area contributed by atoms with Crippen LogP contribution in [0.2, 0.25) is 0 Å². The molecule has 0 saturated heterocycles. The Kier molecular flexibility index (Phi) is 6.10. The van der Waals surface area contributed by atoms with E-state index in [0.29, 0.717) is 30.3 Å². The molecule has 0 amide bonds. The van der Waals surface area contributed by atoms with Gasteiger partial charge in [0.2, 0.25) is 5.95 Å². The largest absolute Gasteiger partial charge is 0.385 e. The SMILES string of the molecule is C=C(NCCCNc1nccc(-c2cccnc2)n1)c1c(C)cccc1F. The van der Waals surface area contributed by atoms with E-state index in [0.717, 1.165) is 23.2 Å². The summed E-state index contributed by atoms with van der Waals surface area (Å²) in [5, 5.41) is 6.39. The maximum atomic E-state index is 13.9. The lowest BCUT2D eigenvalue weighted by Crippen LogP contribution is -2.18. The maximum absolute atomic E-state index is 13.9. The minimum absolute atomic E-state index is 0.258. The van der Waals surface area contributed by atoms with Crippen LogP contribution < -0.4 is 10.6 Å². The number of aromatic nitrogens is 3. The van der Waals surface area contributed by atoms with E-state index in [1.807, 2.05) is 31.2 Å². The molecule has 3 aromatic rings. The lowest BCUT2D eigenvalue weighted by Gasteiger charge is -2.13. The van der Waals surface area contributed by atoms with E-state index in [2.05, 4.69) is 32.2 Å². The Hall–Kier alpha value is -3.28. The fourth-order valence-corrected chi connectivity index (χ4v) is 2.75. The molecule has 0 fully saturated rings. The second kappa shape index (κ2) is 8.89. The Labute approximate surface area is 158 Å². The third kappa shape index (κ3) is 4.88. The number of rotatable bonds is 8. The van der Waals surface area contributed by atoms with Gasteiger partial charge in [-0.3, -0.25) is 4.98 Å². The molecule has 0 atom stereocenters. The molecule has 0 unspecified atom stereocenters. The van der Waals surface area contributed by atoms with Crippen LogP contribution in [0.1, 0.15) is 17.5 Å². The molecule has 0 aliphatic heterocycles. The van der Waals surface area contributed by atoms with E-state index in [9.17, 15) is 4.39 Å². The summed E-state index contributed by atoms with van der Waals surface area (Å²) in [5.74, 6) is 0.311. The minimum Gasteiger partial charge on any atom is -0.385 e. The molecular formula is C21H22FN5. The minimum atomic E-state index is -0.258. The summed E-state index contributed by atoms with van der Waals surface area (Å²) in [4.78, 5) is 12.8. The summed E-state index contributed by atoms with van der Waals surface area (Å²) in [6.45, 7) is 7.18. The molecule has 2 aromatic heterocycles. The molecule has 0 saturated carbocycles. The lowest BCUT2D eigenvalue weighted by atomic mass is 10.1. The monoisotopic (exact) mass is 363 g/mol. The van der Waals surface area contributed by atoms with E-state index in [-0.39, 0.29) is 5.82 Å². The molecule has 0 bridgehead atoms. The van der Waals surface area contributed by atoms with Gasteiger partial charge in [-0.1, -0.05) is 18.7 Å². The molecule has 1 aromatic carbocycles. The number of aryl methyl sites for hydroxylation is 1. The van der Waals surface area contributed by atoms with Crippen LogP contribution in [-0.4, -0.2) is 28.0 Å². The van der Waals surface area contributed by atoms with Gasteiger partial charge >= 0.3 is 0 Å². The Morgan fingerprint density at radius 1 is 1.11 bits per heavy atom. The van der Waals surface area contributed by atoms with Gasteiger partial charge < -0.3 is 10.6 Å². The molecule has 0 aliphatic rings. The fourth-order valence-electron chi connectivity index (χ4n) is 2.75. The van der Waals surface area contributed by atoms with E-state index < -0.39 is 0 Å². The third-order valence-electron chi connectivity index (χ3n) is 4.11. The highest BCUT2D eigenvalue weighted by atomic mass is 19.1. The molecule has 6 heteroatoms. The number of nitrogens with one attached hydrogen (secondary N) is 2. The van der Waals surface area contributed by atoms with Gasteiger partial charge in [0.15, 0.2) is 0 Å². The van der Waals surface area contributed by atoms with Crippen molar-refractivity contribution in [1.29, 1.82) is 0 Å². The molecule has 2 N–H and O–H groups in total. The first-order valence-electron chi connectivity index (χ1n) is 8.81. The molecule has 0 radical (unpaired) electrons. The van der Waals surface area contributed by atoms with Crippen LogP contribution in [0.15, 0.2) is 61.6 Å². The third-order valence-corrected chi connectivity index (χ3v) is 4.11. The normalized spacial score (nSPS) is 10.4. The number of pyridine rings is 1. The number of hydrogen-bond donors (Lipinski definition) is 2. The van der Waals surface area contributed by atoms with E-state index in [1.54, 1.807) is 24.7 Å². The van der Waals surface area contributed by atoms with Crippen molar-refractivity contribution in [1.82, 2.24) is 20.3 Å². The number of halogens is 1. The summed E-state index contributed by atoms with van der Waals surface area (Å²) in [5.41, 5.74) is 3.77. The molecule has 2 heterocycles. The Bertz CT molecular complexity index is 891. The van der Waals surface area contributed by atoms with Crippen molar-refractivity contribution in [2.75, 3.05) is 18.4 Å². The van der Waals surface area contributed by atoms with Crippen LogP contribution >= 0.6 is 0 Å². The zero-order valence-electron chi connectivity index (χ0n) is 15.2. The van der Waals surface area contributed by atoms with Gasteiger partial charge in [0.25, 0.3) is 0 Å². The van der Waals surface area contributed by atoms with Gasteiger partial charge in [-0.15, -0.1) is 0 Å². The van der Waals surface area contributed by atoms with E-state index in [1.165, 1.54) is 6.07 Å². The van der Waals surface area contributed by atoms with Gasteiger partial charge in [0.05, 0.1) is 5.69 Å². The van der Waals surface area contributed by atoms with Crippen molar-refractivity contribution in [2.24, 2.45) is 0 Å². The zero-order chi connectivity index (χ0) is 19.1. The Balaban J connectivity index is 1.48. The highest BCUT2D eigenvalue weighted by molar-refractivity contribution is 5.65. The molecule has 0 aliphatic carbocycles. The summed E-state index contributed by atoms with van der Waals surface area (Å²) in [6, 6.07) is 10.7. The summed E-state index contributed by atoms with van der Waals surface area (Å²) in [7, 11) is 0. The average Bonchev–Trinajstić information content (AvgIpc) is 2.68. The highest BCUT2D eigenvalue weighted by Gasteiger charge is 2.08. The fraction of sp³-hybridized carbons (Fsp3) is 0.190. The van der Waals surface area contributed by atoms with Crippen molar-refractivity contribution in [2.45, 2.75) is 13.3 Å². The van der Waals surface area contributed by atoms with Crippen LogP contribution in [0.25, 0.3) is 17.0 Å². The predicted octanol–water partition coefficient (Wildman–Crippen LogP) is 4.05. The van der Waals surface area contributed by atoms with Crippen molar-refractivity contribution < 1.29 is 4.39 Å².